The van der Waals surface area contributed by atoms with Gasteiger partial charge in [0.05, 0.1) is 7.11 Å². The van der Waals surface area contributed by atoms with Gasteiger partial charge in [0, 0.05) is 19.3 Å². The normalized spacial score (nSPS) is 10.0. The van der Waals surface area contributed by atoms with Crippen LogP contribution in [0.15, 0.2) is 48.5 Å². The molecule has 110 valence electrons. The molecule has 1 N–H and O–H groups in total. The quantitative estimate of drug-likeness (QED) is 0.930. The molecule has 0 fully saturated rings. The molecule has 0 radical (unpaired) electrons. The van der Waals surface area contributed by atoms with Crippen LogP contribution in [0.25, 0.3) is 0 Å². The Hall–Kier alpha value is -2.49. The van der Waals surface area contributed by atoms with Gasteiger partial charge in [-0.2, -0.15) is 0 Å². The van der Waals surface area contributed by atoms with Gasteiger partial charge >= 0.3 is 6.03 Å². The van der Waals surface area contributed by atoms with Crippen molar-refractivity contribution in [2.45, 2.75) is 13.5 Å². The van der Waals surface area contributed by atoms with E-state index in [2.05, 4.69) is 5.32 Å². The van der Waals surface area contributed by atoms with E-state index in [1.807, 2.05) is 55.5 Å². The first-order valence-corrected chi connectivity index (χ1v) is 6.80. The summed E-state index contributed by atoms with van der Waals surface area (Å²) in [5.41, 5.74) is 2.98. The van der Waals surface area contributed by atoms with Crippen LogP contribution in [0, 0.1) is 6.92 Å². The average molecular weight is 284 g/mol. The van der Waals surface area contributed by atoms with Crippen molar-refractivity contribution < 1.29 is 9.53 Å². The van der Waals surface area contributed by atoms with Gasteiger partial charge in [0.25, 0.3) is 0 Å². The van der Waals surface area contributed by atoms with Gasteiger partial charge in [0.2, 0.25) is 0 Å². The molecule has 2 aromatic rings. The number of carbonyl (C=O) groups is 1. The maximum absolute atomic E-state index is 12.1. The summed E-state index contributed by atoms with van der Waals surface area (Å²) in [6.45, 7) is 2.54. The van der Waals surface area contributed by atoms with Crippen LogP contribution in [0.5, 0.6) is 5.75 Å². The average Bonchev–Trinajstić information content (AvgIpc) is 2.49. The Balaban J connectivity index is 1.97. The van der Waals surface area contributed by atoms with Crippen LogP contribution < -0.4 is 10.1 Å². The predicted octanol–water partition coefficient (Wildman–Crippen LogP) is 3.67. The third-order valence-corrected chi connectivity index (χ3v) is 3.20. The van der Waals surface area contributed by atoms with E-state index >= 15 is 0 Å². The second-order valence-electron chi connectivity index (χ2n) is 5.00. The zero-order valence-corrected chi connectivity index (χ0v) is 12.6. The maximum atomic E-state index is 12.1. The van der Waals surface area contributed by atoms with Crippen molar-refractivity contribution in [2.24, 2.45) is 0 Å². The summed E-state index contributed by atoms with van der Waals surface area (Å²) in [6.07, 6.45) is 0. The second kappa shape index (κ2) is 6.79. The van der Waals surface area contributed by atoms with E-state index in [0.29, 0.717) is 6.54 Å². The molecule has 0 saturated heterocycles. The molecular weight excluding hydrogens is 264 g/mol. The van der Waals surface area contributed by atoms with E-state index < -0.39 is 0 Å². The minimum absolute atomic E-state index is 0.137. The minimum atomic E-state index is -0.137. The molecule has 4 nitrogen and oxygen atoms in total. The van der Waals surface area contributed by atoms with Gasteiger partial charge in [-0.25, -0.2) is 4.79 Å². The van der Waals surface area contributed by atoms with E-state index in [0.717, 1.165) is 22.6 Å². The van der Waals surface area contributed by atoms with Crippen LogP contribution in [-0.4, -0.2) is 25.1 Å². The SMILES string of the molecule is COc1cccc(CN(C)C(=O)Nc2ccc(C)cc2)c1. The summed E-state index contributed by atoms with van der Waals surface area (Å²) in [5.74, 6) is 0.792. The van der Waals surface area contributed by atoms with Gasteiger partial charge in [0.15, 0.2) is 0 Å². The largest absolute Gasteiger partial charge is 0.497 e. The van der Waals surface area contributed by atoms with E-state index in [1.165, 1.54) is 0 Å². The number of hydrogen-bond donors (Lipinski definition) is 1. The molecule has 0 spiro atoms. The molecule has 4 heteroatoms. The number of rotatable bonds is 4. The van der Waals surface area contributed by atoms with E-state index in [1.54, 1.807) is 19.1 Å². The maximum Gasteiger partial charge on any atom is 0.321 e. The lowest BCUT2D eigenvalue weighted by atomic mass is 10.2. The highest BCUT2D eigenvalue weighted by molar-refractivity contribution is 5.89. The Labute approximate surface area is 125 Å². The molecule has 0 atom stereocenters. The van der Waals surface area contributed by atoms with Crippen molar-refractivity contribution in [3.63, 3.8) is 0 Å². The number of carbonyl (C=O) groups excluding carboxylic acids is 1. The zero-order valence-electron chi connectivity index (χ0n) is 12.6. The van der Waals surface area contributed by atoms with Crippen molar-refractivity contribution in [3.05, 3.63) is 59.7 Å². The minimum Gasteiger partial charge on any atom is -0.497 e. The standard InChI is InChI=1S/C17H20N2O2/c1-13-7-9-15(10-8-13)18-17(20)19(2)12-14-5-4-6-16(11-14)21-3/h4-11H,12H2,1-3H3,(H,18,20). The van der Waals surface area contributed by atoms with Gasteiger partial charge in [-0.3, -0.25) is 0 Å². The molecule has 21 heavy (non-hydrogen) atoms. The van der Waals surface area contributed by atoms with Crippen LogP contribution >= 0.6 is 0 Å². The Kier molecular flexibility index (Phi) is 4.82. The molecule has 0 unspecified atom stereocenters. The number of urea groups is 1. The molecule has 0 aliphatic carbocycles. The van der Waals surface area contributed by atoms with Gasteiger partial charge < -0.3 is 15.0 Å². The molecular formula is C17H20N2O2. The lowest BCUT2D eigenvalue weighted by Crippen LogP contribution is -2.30. The highest BCUT2D eigenvalue weighted by Gasteiger charge is 2.09. The van der Waals surface area contributed by atoms with Crippen LogP contribution in [0.2, 0.25) is 0 Å². The number of amides is 2. The lowest BCUT2D eigenvalue weighted by Gasteiger charge is -2.18. The molecule has 0 saturated carbocycles. The predicted molar refractivity (Wildman–Crippen MR) is 84.7 cm³/mol. The van der Waals surface area contributed by atoms with Crippen LogP contribution in [0.3, 0.4) is 0 Å². The molecule has 0 aliphatic heterocycles. The fraction of sp³-hybridized carbons (Fsp3) is 0.235. The van der Waals surface area contributed by atoms with Gasteiger partial charge in [0.1, 0.15) is 5.75 Å². The van der Waals surface area contributed by atoms with Gasteiger partial charge in [-0.05, 0) is 36.8 Å². The van der Waals surface area contributed by atoms with Crippen LogP contribution in [0.4, 0.5) is 10.5 Å². The van der Waals surface area contributed by atoms with Crippen LogP contribution in [-0.2, 0) is 6.54 Å². The third-order valence-electron chi connectivity index (χ3n) is 3.20. The Morgan fingerprint density at radius 3 is 2.57 bits per heavy atom. The molecule has 2 rings (SSSR count). The van der Waals surface area contributed by atoms with Crippen LogP contribution in [0.1, 0.15) is 11.1 Å². The summed E-state index contributed by atoms with van der Waals surface area (Å²) in [5, 5.41) is 2.87. The van der Waals surface area contributed by atoms with Crippen molar-refractivity contribution in [1.29, 1.82) is 0 Å². The third kappa shape index (κ3) is 4.24. The molecule has 0 aromatic heterocycles. The van der Waals surface area contributed by atoms with Crippen molar-refractivity contribution >= 4 is 11.7 Å². The molecule has 0 heterocycles. The zero-order chi connectivity index (χ0) is 15.2. The number of nitrogens with one attached hydrogen (secondary N) is 1. The van der Waals surface area contributed by atoms with Crippen molar-refractivity contribution in [1.82, 2.24) is 4.90 Å². The molecule has 2 aromatic carbocycles. The molecule has 2 amide bonds. The highest BCUT2D eigenvalue weighted by atomic mass is 16.5. The smallest absolute Gasteiger partial charge is 0.321 e. The number of nitrogens with zero attached hydrogens (tertiary/aromatic N) is 1. The number of hydrogen-bond acceptors (Lipinski definition) is 2. The first kappa shape index (κ1) is 14.9. The fourth-order valence-corrected chi connectivity index (χ4v) is 1.97. The number of methoxy groups -OCH3 is 1. The van der Waals surface area contributed by atoms with Crippen molar-refractivity contribution in [3.8, 4) is 5.75 Å². The first-order valence-electron chi connectivity index (χ1n) is 6.80. The lowest BCUT2D eigenvalue weighted by molar-refractivity contribution is 0.220. The number of benzene rings is 2. The van der Waals surface area contributed by atoms with Gasteiger partial charge in [-0.15, -0.1) is 0 Å². The topological polar surface area (TPSA) is 41.6 Å². The summed E-state index contributed by atoms with van der Waals surface area (Å²) in [6, 6.07) is 15.3. The Morgan fingerprint density at radius 2 is 1.90 bits per heavy atom. The van der Waals surface area contributed by atoms with Crippen molar-refractivity contribution in [2.75, 3.05) is 19.5 Å². The number of ether oxygens (including phenoxy) is 1. The van der Waals surface area contributed by atoms with Gasteiger partial charge in [-0.1, -0.05) is 29.8 Å². The van der Waals surface area contributed by atoms with E-state index in [4.69, 9.17) is 4.74 Å². The fourth-order valence-electron chi connectivity index (χ4n) is 1.97. The number of anilines is 1. The number of aryl methyl sites for hydroxylation is 1. The van der Waals surface area contributed by atoms with E-state index in [-0.39, 0.29) is 6.03 Å². The second-order valence-corrected chi connectivity index (χ2v) is 5.00. The summed E-state index contributed by atoms with van der Waals surface area (Å²) in [7, 11) is 3.40. The summed E-state index contributed by atoms with van der Waals surface area (Å²) >= 11 is 0. The Morgan fingerprint density at radius 1 is 1.19 bits per heavy atom. The Bertz CT molecular complexity index is 608. The van der Waals surface area contributed by atoms with E-state index in [9.17, 15) is 4.79 Å². The summed E-state index contributed by atoms with van der Waals surface area (Å²) < 4.78 is 5.18. The summed E-state index contributed by atoms with van der Waals surface area (Å²) in [4.78, 5) is 13.8. The first-order chi connectivity index (χ1) is 10.1. The highest BCUT2D eigenvalue weighted by Crippen LogP contribution is 2.15. The molecule has 0 bridgehead atoms. The molecule has 0 aliphatic rings. The monoisotopic (exact) mass is 284 g/mol.